The molecule has 6 heteroatoms. The van der Waals surface area contributed by atoms with Crippen molar-refractivity contribution in [3.8, 4) is 11.5 Å². The largest absolute Gasteiger partial charge is 0.508 e. The van der Waals surface area contributed by atoms with E-state index in [4.69, 9.17) is 20.5 Å². The summed E-state index contributed by atoms with van der Waals surface area (Å²) >= 11 is -3.76. The molecule has 0 aliphatic carbocycles. The number of rotatable bonds is 0. The number of phenolic OH excluding ortho intramolecular Hbond substituents is 2. The molecule has 2 aromatic rings. The Morgan fingerprint density at radius 3 is 1.00 bits per heavy atom. The second kappa shape index (κ2) is 10.8. The second-order valence-electron chi connectivity index (χ2n) is 2.87. The third-order valence-electron chi connectivity index (χ3n) is 1.51. The maximum Gasteiger partial charge on any atom is 0.503 e. The van der Waals surface area contributed by atoms with Crippen LogP contribution in [0, 0.1) is 0 Å². The highest BCUT2D eigenvalue weighted by atomic mass is 127. The Labute approximate surface area is 114 Å². The summed E-state index contributed by atoms with van der Waals surface area (Å²) in [6.45, 7) is 0. The first-order valence-corrected chi connectivity index (χ1v) is 7.47. The van der Waals surface area contributed by atoms with Crippen molar-refractivity contribution in [1.82, 2.24) is 0 Å². The quantitative estimate of drug-likeness (QED) is 0.429. The number of aromatic hydroxyl groups is 2. The molecule has 2 aromatic carbocycles. The van der Waals surface area contributed by atoms with Crippen LogP contribution < -0.4 is 27.9 Å². The van der Waals surface area contributed by atoms with Gasteiger partial charge in [-0.05, 0) is 27.7 Å². The first-order valence-electron chi connectivity index (χ1n) is 4.75. The minimum Gasteiger partial charge on any atom is -0.508 e. The van der Waals surface area contributed by atoms with Crippen molar-refractivity contribution in [2.75, 3.05) is 0 Å². The van der Waals surface area contributed by atoms with E-state index in [9.17, 15) is 0 Å². The highest BCUT2D eigenvalue weighted by molar-refractivity contribution is 5.19. The number of para-hydroxylation sites is 2. The first kappa shape index (κ1) is 16.6. The second-order valence-corrected chi connectivity index (χ2v) is 4.02. The van der Waals surface area contributed by atoms with Crippen molar-refractivity contribution in [2.24, 2.45) is 0 Å². The van der Waals surface area contributed by atoms with Crippen LogP contribution in [0.1, 0.15) is 0 Å². The summed E-state index contributed by atoms with van der Waals surface area (Å²) in [6.07, 6.45) is 0. The monoisotopic (exact) mass is 364 g/mol. The van der Waals surface area contributed by atoms with Gasteiger partial charge in [0.1, 0.15) is 11.5 Å². The number of halogens is 1. The summed E-state index contributed by atoms with van der Waals surface area (Å²) in [5.41, 5.74) is 0. The smallest absolute Gasteiger partial charge is 0.503 e. The topological polar surface area (TPSA) is 107 Å². The Balaban J connectivity index is 0.000000253. The Hall–Kier alpha value is -1.35. The lowest BCUT2D eigenvalue weighted by atomic mass is 10.3. The van der Waals surface area contributed by atoms with Crippen molar-refractivity contribution in [2.45, 2.75) is 0 Å². The molecule has 0 atom stereocenters. The fraction of sp³-hybridized carbons (Fsp3) is 0. The summed E-state index contributed by atoms with van der Waals surface area (Å²) < 4.78 is 24.5. The predicted octanol–water partition coefficient (Wildman–Crippen LogP) is -3.15. The van der Waals surface area contributed by atoms with Crippen molar-refractivity contribution < 1.29 is 41.6 Å². The summed E-state index contributed by atoms with van der Waals surface area (Å²) in [5.74, 6) is 0.644. The normalized spacial score (nSPS) is 8.67. The van der Waals surface area contributed by atoms with Crippen LogP contribution in [0.2, 0.25) is 0 Å². The highest BCUT2D eigenvalue weighted by Crippen LogP contribution is 2.03. The zero-order chi connectivity index (χ0) is 13.8. The van der Waals surface area contributed by atoms with Gasteiger partial charge in [0.05, 0.1) is 0 Å². The van der Waals surface area contributed by atoms with Gasteiger partial charge in [0.2, 0.25) is 0 Å². The van der Waals surface area contributed by atoms with E-state index in [0.29, 0.717) is 11.5 Å². The molecule has 98 valence electrons. The summed E-state index contributed by atoms with van der Waals surface area (Å²) in [7, 11) is 0. The number of benzene rings is 2. The molecule has 0 fully saturated rings. The van der Waals surface area contributed by atoms with E-state index in [-0.39, 0.29) is 0 Å². The van der Waals surface area contributed by atoms with Gasteiger partial charge in [-0.2, -0.15) is 0 Å². The molecule has 0 amide bonds. The SMILES string of the molecule is Oc1ccccc1.Oc1ccccc1.[O-][I+2]([O-])O. The predicted molar refractivity (Wildman–Crippen MR) is 58.4 cm³/mol. The average Bonchev–Trinajstić information content (AvgIpc) is 2.31. The molecule has 2 rings (SSSR count). The minimum absolute atomic E-state index is 0.322. The van der Waals surface area contributed by atoms with Gasteiger partial charge in [0, 0.05) is 0 Å². The fourth-order valence-corrected chi connectivity index (χ4v) is 0.856. The first-order chi connectivity index (χ1) is 8.52. The molecular formula is C12H13IO5. The highest BCUT2D eigenvalue weighted by Gasteiger charge is 1.89. The lowest BCUT2D eigenvalue weighted by Gasteiger charge is -1.82. The number of hydrogen-bond donors (Lipinski definition) is 3. The lowest BCUT2D eigenvalue weighted by molar-refractivity contribution is -1.63. The van der Waals surface area contributed by atoms with Gasteiger partial charge in [0.25, 0.3) is 0 Å². The standard InChI is InChI=1S/2C6H6O.HIO3/c2*7-6-4-2-1-3-5-6;2-1(3)4/h2*1-5,7H;2H. The summed E-state index contributed by atoms with van der Waals surface area (Å²) in [6, 6.07) is 17.4. The third-order valence-corrected chi connectivity index (χ3v) is 1.51. The van der Waals surface area contributed by atoms with E-state index in [1.165, 1.54) is 0 Å². The van der Waals surface area contributed by atoms with Crippen LogP contribution in [-0.4, -0.2) is 13.6 Å². The van der Waals surface area contributed by atoms with Crippen LogP contribution in [0.3, 0.4) is 0 Å². The van der Waals surface area contributed by atoms with Gasteiger partial charge in [-0.25, -0.2) is 0 Å². The molecule has 3 N–H and O–H groups in total. The zero-order valence-electron chi connectivity index (χ0n) is 9.31. The minimum atomic E-state index is -3.76. The molecule has 0 saturated heterocycles. The molecule has 0 spiro atoms. The Morgan fingerprint density at radius 2 is 0.889 bits per heavy atom. The van der Waals surface area contributed by atoms with E-state index in [1.807, 2.05) is 12.1 Å². The molecule has 18 heavy (non-hydrogen) atoms. The van der Waals surface area contributed by atoms with Crippen LogP contribution in [0.5, 0.6) is 11.5 Å². The maximum absolute atomic E-state index is 8.68. The van der Waals surface area contributed by atoms with Gasteiger partial charge < -0.3 is 17.1 Å². The molecular weight excluding hydrogens is 351 g/mol. The number of phenols is 2. The van der Waals surface area contributed by atoms with Gasteiger partial charge in [0.15, 0.2) is 0 Å². The van der Waals surface area contributed by atoms with Crippen LogP contribution in [0.15, 0.2) is 60.7 Å². The molecule has 0 unspecified atom stereocenters. The van der Waals surface area contributed by atoms with Crippen LogP contribution in [0.25, 0.3) is 0 Å². The van der Waals surface area contributed by atoms with Crippen LogP contribution in [-0.2, 0) is 0 Å². The van der Waals surface area contributed by atoms with Crippen LogP contribution >= 0.6 is 0 Å². The van der Waals surface area contributed by atoms with Crippen molar-refractivity contribution >= 4 is 0 Å². The molecule has 0 bridgehead atoms. The zero-order valence-corrected chi connectivity index (χ0v) is 11.5. The van der Waals surface area contributed by atoms with E-state index in [1.54, 1.807) is 48.5 Å². The van der Waals surface area contributed by atoms with Gasteiger partial charge in [-0.1, -0.05) is 36.4 Å². The fourth-order valence-electron chi connectivity index (χ4n) is 0.856. The Kier molecular flexibility index (Phi) is 9.97. The lowest BCUT2D eigenvalue weighted by Crippen LogP contribution is -3.98. The molecule has 0 aliphatic rings. The average molecular weight is 364 g/mol. The van der Waals surface area contributed by atoms with E-state index >= 15 is 0 Å². The van der Waals surface area contributed by atoms with Gasteiger partial charge in [-0.3, -0.25) is 0 Å². The Morgan fingerprint density at radius 1 is 0.667 bits per heavy atom. The third kappa shape index (κ3) is 12.7. The molecule has 5 nitrogen and oxygen atoms in total. The van der Waals surface area contributed by atoms with E-state index < -0.39 is 21.1 Å². The van der Waals surface area contributed by atoms with E-state index in [2.05, 4.69) is 0 Å². The summed E-state index contributed by atoms with van der Waals surface area (Å²) in [5, 5.41) is 17.3. The molecule has 0 radical (unpaired) electrons. The van der Waals surface area contributed by atoms with Crippen LogP contribution in [0.4, 0.5) is 0 Å². The molecule has 0 aromatic heterocycles. The number of hydrogen-bond acceptors (Lipinski definition) is 5. The van der Waals surface area contributed by atoms with Crippen molar-refractivity contribution in [3.63, 3.8) is 0 Å². The van der Waals surface area contributed by atoms with Gasteiger partial charge in [-0.15, -0.1) is 0 Å². The van der Waals surface area contributed by atoms with Gasteiger partial charge >= 0.3 is 21.1 Å². The molecule has 0 heterocycles. The Bertz CT molecular complexity index is 353. The molecule has 0 saturated carbocycles. The maximum atomic E-state index is 8.68. The summed E-state index contributed by atoms with van der Waals surface area (Å²) in [4.78, 5) is 0. The molecule has 0 aliphatic heterocycles. The van der Waals surface area contributed by atoms with Crippen molar-refractivity contribution in [1.29, 1.82) is 0 Å². The van der Waals surface area contributed by atoms with Crippen molar-refractivity contribution in [3.05, 3.63) is 60.7 Å². The van der Waals surface area contributed by atoms with E-state index in [0.717, 1.165) is 0 Å².